The highest BCUT2D eigenvalue weighted by molar-refractivity contribution is 5.85. The number of hydrogen-bond acceptors (Lipinski definition) is 8. The van der Waals surface area contributed by atoms with Gasteiger partial charge in [-0.15, -0.1) is 0 Å². The molecule has 1 aromatic rings. The molecule has 0 spiro atoms. The van der Waals surface area contributed by atoms with Crippen LogP contribution in [0.1, 0.15) is 10.5 Å². The largest absolute Gasteiger partial charge is 0.543 e. The fourth-order valence-electron chi connectivity index (χ4n) is 2.39. The summed E-state index contributed by atoms with van der Waals surface area (Å²) < 4.78 is 10.6. The topological polar surface area (TPSA) is 90.8 Å². The van der Waals surface area contributed by atoms with Crippen molar-refractivity contribution in [2.24, 2.45) is 0 Å². The molecule has 0 atom stereocenters. The van der Waals surface area contributed by atoms with Crippen LogP contribution in [0, 0.1) is 0 Å². The van der Waals surface area contributed by atoms with Crippen molar-refractivity contribution < 1.29 is 19.4 Å². The Hall–Kier alpha value is -1.93. The third-order valence-corrected chi connectivity index (χ3v) is 3.54. The molecule has 0 aromatic carbocycles. The van der Waals surface area contributed by atoms with Crippen LogP contribution in [0.25, 0.3) is 0 Å². The number of carboxylic acids is 1. The predicted octanol–water partition coefficient (Wildman–Crippen LogP) is -1.49. The highest BCUT2D eigenvalue weighted by Crippen LogP contribution is 2.19. The summed E-state index contributed by atoms with van der Waals surface area (Å²) in [6.45, 7) is 5.07. The normalized spacial score (nSPS) is 19.6. The van der Waals surface area contributed by atoms with E-state index in [1.54, 1.807) is 0 Å². The van der Waals surface area contributed by atoms with E-state index in [9.17, 15) is 9.90 Å². The van der Waals surface area contributed by atoms with E-state index in [-0.39, 0.29) is 5.69 Å². The summed E-state index contributed by atoms with van der Waals surface area (Å²) in [4.78, 5) is 23.7. The minimum Gasteiger partial charge on any atom is -0.543 e. The SMILES string of the molecule is O=C([O-])c1cc(N2CCOCC2)nc(N2CCOCC2)n1. The number of ether oxygens (including phenoxy) is 2. The van der Waals surface area contributed by atoms with Crippen molar-refractivity contribution in [3.05, 3.63) is 11.8 Å². The summed E-state index contributed by atoms with van der Waals surface area (Å²) >= 11 is 0. The zero-order valence-electron chi connectivity index (χ0n) is 11.7. The number of aromatic nitrogens is 2. The number of carbonyl (C=O) groups excluding carboxylic acids is 1. The van der Waals surface area contributed by atoms with Crippen LogP contribution in [0.3, 0.4) is 0 Å². The van der Waals surface area contributed by atoms with Crippen molar-refractivity contribution in [2.45, 2.75) is 0 Å². The maximum Gasteiger partial charge on any atom is 0.228 e. The van der Waals surface area contributed by atoms with Crippen LogP contribution in [0.15, 0.2) is 6.07 Å². The molecule has 2 aliphatic heterocycles. The fraction of sp³-hybridized carbons (Fsp3) is 0.615. The third kappa shape index (κ3) is 3.22. The second kappa shape index (κ2) is 6.23. The summed E-state index contributed by atoms with van der Waals surface area (Å²) in [5, 5.41) is 11.2. The number of aromatic carboxylic acids is 1. The lowest BCUT2D eigenvalue weighted by Crippen LogP contribution is -2.40. The quantitative estimate of drug-likeness (QED) is 0.666. The standard InChI is InChI=1S/C13H18N4O4/c18-12(19)10-9-11(16-1-5-20-6-2-16)15-13(14-10)17-3-7-21-8-4-17/h9H,1-8H2,(H,18,19)/p-1. The van der Waals surface area contributed by atoms with Gasteiger partial charge < -0.3 is 29.2 Å². The van der Waals surface area contributed by atoms with Gasteiger partial charge in [-0.1, -0.05) is 0 Å². The molecule has 0 aliphatic carbocycles. The zero-order chi connectivity index (χ0) is 14.7. The number of nitrogens with zero attached hydrogens (tertiary/aromatic N) is 4. The van der Waals surface area contributed by atoms with Gasteiger partial charge in [0.1, 0.15) is 5.82 Å². The van der Waals surface area contributed by atoms with Gasteiger partial charge in [-0.25, -0.2) is 4.98 Å². The Bertz CT molecular complexity index is 477. The molecule has 0 bridgehead atoms. The van der Waals surface area contributed by atoms with Gasteiger partial charge in [0.25, 0.3) is 0 Å². The molecule has 8 nitrogen and oxygen atoms in total. The average molecular weight is 293 g/mol. The van der Waals surface area contributed by atoms with Gasteiger partial charge in [0.15, 0.2) is 0 Å². The summed E-state index contributed by atoms with van der Waals surface area (Å²) in [6.07, 6.45) is 0. The van der Waals surface area contributed by atoms with Crippen molar-refractivity contribution in [3.8, 4) is 0 Å². The van der Waals surface area contributed by atoms with E-state index in [0.717, 1.165) is 0 Å². The Morgan fingerprint density at radius 2 is 1.57 bits per heavy atom. The molecule has 0 radical (unpaired) electrons. The number of morpholine rings is 2. The first-order chi connectivity index (χ1) is 10.2. The van der Waals surface area contributed by atoms with Gasteiger partial charge in [-0.05, 0) is 0 Å². The predicted molar refractivity (Wildman–Crippen MR) is 72.4 cm³/mol. The first-order valence-electron chi connectivity index (χ1n) is 7.00. The molecule has 3 rings (SSSR count). The van der Waals surface area contributed by atoms with E-state index in [4.69, 9.17) is 9.47 Å². The Morgan fingerprint density at radius 3 is 2.14 bits per heavy atom. The van der Waals surface area contributed by atoms with Gasteiger partial charge in [0.05, 0.1) is 38.1 Å². The molecular weight excluding hydrogens is 276 g/mol. The molecule has 3 heterocycles. The Morgan fingerprint density at radius 1 is 1.00 bits per heavy atom. The lowest BCUT2D eigenvalue weighted by atomic mass is 10.3. The zero-order valence-corrected chi connectivity index (χ0v) is 11.7. The van der Waals surface area contributed by atoms with Gasteiger partial charge in [0.2, 0.25) is 5.95 Å². The van der Waals surface area contributed by atoms with Crippen molar-refractivity contribution in [1.82, 2.24) is 9.97 Å². The first kappa shape index (κ1) is 14.0. The molecular formula is C13H17N4O4-. The molecule has 0 amide bonds. The van der Waals surface area contributed by atoms with Crippen LogP contribution in [0.4, 0.5) is 11.8 Å². The molecule has 114 valence electrons. The van der Waals surface area contributed by atoms with Crippen LogP contribution in [-0.4, -0.2) is 68.5 Å². The molecule has 0 unspecified atom stereocenters. The van der Waals surface area contributed by atoms with Gasteiger partial charge in [0, 0.05) is 32.2 Å². The maximum absolute atomic E-state index is 11.2. The minimum absolute atomic E-state index is 0.0898. The number of rotatable bonds is 3. The van der Waals surface area contributed by atoms with Crippen molar-refractivity contribution in [1.29, 1.82) is 0 Å². The molecule has 2 fully saturated rings. The highest BCUT2D eigenvalue weighted by Gasteiger charge is 2.19. The van der Waals surface area contributed by atoms with Crippen molar-refractivity contribution in [3.63, 3.8) is 0 Å². The molecule has 1 aromatic heterocycles. The fourth-order valence-corrected chi connectivity index (χ4v) is 2.39. The molecule has 21 heavy (non-hydrogen) atoms. The van der Waals surface area contributed by atoms with Crippen molar-refractivity contribution in [2.75, 3.05) is 62.4 Å². The van der Waals surface area contributed by atoms with E-state index in [2.05, 4.69) is 9.97 Å². The minimum atomic E-state index is -1.29. The molecule has 0 N–H and O–H groups in total. The van der Waals surface area contributed by atoms with E-state index >= 15 is 0 Å². The molecule has 2 aliphatic rings. The first-order valence-corrected chi connectivity index (χ1v) is 7.00. The monoisotopic (exact) mass is 293 g/mol. The second-order valence-corrected chi connectivity index (χ2v) is 4.90. The summed E-state index contributed by atoms with van der Waals surface area (Å²) in [5.41, 5.74) is -0.0898. The summed E-state index contributed by atoms with van der Waals surface area (Å²) in [7, 11) is 0. The third-order valence-electron chi connectivity index (χ3n) is 3.54. The van der Waals surface area contributed by atoms with Gasteiger partial charge >= 0.3 is 0 Å². The molecule has 8 heteroatoms. The van der Waals surface area contributed by atoms with E-state index in [0.29, 0.717) is 64.4 Å². The van der Waals surface area contributed by atoms with Crippen LogP contribution in [0.2, 0.25) is 0 Å². The summed E-state index contributed by atoms with van der Waals surface area (Å²) in [5.74, 6) is -0.267. The Balaban J connectivity index is 1.91. The number of hydrogen-bond donors (Lipinski definition) is 0. The van der Waals surface area contributed by atoms with Crippen LogP contribution in [0.5, 0.6) is 0 Å². The molecule has 0 saturated carbocycles. The van der Waals surface area contributed by atoms with Crippen molar-refractivity contribution >= 4 is 17.7 Å². The Kier molecular flexibility index (Phi) is 4.16. The van der Waals surface area contributed by atoms with Gasteiger partial charge in [-0.2, -0.15) is 4.98 Å². The smallest absolute Gasteiger partial charge is 0.228 e. The Labute approximate surface area is 122 Å². The molecule has 2 saturated heterocycles. The number of carboxylic acid groups (broad SMARTS) is 1. The lowest BCUT2D eigenvalue weighted by Gasteiger charge is -2.31. The van der Waals surface area contributed by atoms with E-state index < -0.39 is 5.97 Å². The number of anilines is 2. The average Bonchev–Trinajstić information content (AvgIpc) is 2.56. The van der Waals surface area contributed by atoms with E-state index in [1.807, 2.05) is 9.80 Å². The number of carbonyl (C=O) groups is 1. The summed E-state index contributed by atoms with van der Waals surface area (Å²) in [6, 6.07) is 1.46. The second-order valence-electron chi connectivity index (χ2n) is 4.90. The maximum atomic E-state index is 11.2. The van der Waals surface area contributed by atoms with E-state index in [1.165, 1.54) is 6.07 Å². The lowest BCUT2D eigenvalue weighted by molar-refractivity contribution is -0.255. The van der Waals surface area contributed by atoms with Crippen LogP contribution >= 0.6 is 0 Å². The van der Waals surface area contributed by atoms with Crippen LogP contribution in [-0.2, 0) is 9.47 Å². The van der Waals surface area contributed by atoms with Gasteiger partial charge in [-0.3, -0.25) is 0 Å². The highest BCUT2D eigenvalue weighted by atomic mass is 16.5. The van der Waals surface area contributed by atoms with Crippen LogP contribution < -0.4 is 14.9 Å².